The first kappa shape index (κ1) is 15.9. The summed E-state index contributed by atoms with van der Waals surface area (Å²) in [5.74, 6) is -0.166. The van der Waals surface area contributed by atoms with Crippen LogP contribution in [-0.2, 0) is 26.3 Å². The van der Waals surface area contributed by atoms with Crippen LogP contribution in [0.25, 0.3) is 0 Å². The van der Waals surface area contributed by atoms with Crippen LogP contribution in [0.15, 0.2) is 16.3 Å². The van der Waals surface area contributed by atoms with E-state index < -0.39 is 25.4 Å². The number of thiophene rings is 1. The first-order valence-electron chi connectivity index (χ1n) is 6.10. The smallest absolute Gasteiger partial charge is 0.250 e. The van der Waals surface area contributed by atoms with E-state index in [-0.39, 0.29) is 28.7 Å². The average Bonchev–Trinajstić information content (AvgIpc) is 2.84. The number of hydrogen-bond donors (Lipinski definition) is 2. The van der Waals surface area contributed by atoms with Crippen LogP contribution in [0.3, 0.4) is 0 Å². The Kier molecular flexibility index (Phi) is 4.27. The molecule has 1 aliphatic heterocycles. The van der Waals surface area contributed by atoms with Crippen LogP contribution in [0.1, 0.15) is 18.2 Å². The highest BCUT2D eigenvalue weighted by atomic mass is 32.2. The molecule has 0 aromatic carbocycles. The Morgan fingerprint density at radius 3 is 2.70 bits per heavy atom. The van der Waals surface area contributed by atoms with E-state index in [1.54, 1.807) is 13.0 Å². The van der Waals surface area contributed by atoms with Gasteiger partial charge in [-0.15, -0.1) is 11.3 Å². The van der Waals surface area contributed by atoms with Gasteiger partial charge in [0.15, 0.2) is 9.84 Å². The van der Waals surface area contributed by atoms with E-state index in [0.29, 0.717) is 6.42 Å². The van der Waals surface area contributed by atoms with E-state index in [0.717, 1.165) is 16.2 Å². The van der Waals surface area contributed by atoms with Gasteiger partial charge in [-0.05, 0) is 25.5 Å². The van der Waals surface area contributed by atoms with Crippen LogP contribution in [-0.4, -0.2) is 45.6 Å². The summed E-state index contributed by atoms with van der Waals surface area (Å²) in [5, 5.41) is 8.84. The molecule has 1 saturated heterocycles. The Labute approximate surface area is 122 Å². The lowest BCUT2D eigenvalue weighted by atomic mass is 10.0. The quantitative estimate of drug-likeness (QED) is 0.795. The molecule has 1 aromatic rings. The second kappa shape index (κ2) is 5.38. The average molecular weight is 339 g/mol. The molecule has 1 aromatic heterocycles. The standard InChI is InChI=1S/C11H17NO5S3/c1-11(5-7-19(14,15)8-11)12-20(16,17)10-3-2-9(18-10)4-6-13/h2-3,12-13H,4-8H2,1H3. The molecule has 6 nitrogen and oxygen atoms in total. The zero-order valence-electron chi connectivity index (χ0n) is 11.0. The lowest BCUT2D eigenvalue weighted by Gasteiger charge is -2.22. The summed E-state index contributed by atoms with van der Waals surface area (Å²) in [7, 11) is -6.90. The van der Waals surface area contributed by atoms with Gasteiger partial charge in [-0.25, -0.2) is 21.6 Å². The molecule has 0 spiro atoms. The van der Waals surface area contributed by atoms with Crippen molar-refractivity contribution in [1.29, 1.82) is 0 Å². The summed E-state index contributed by atoms with van der Waals surface area (Å²) in [6.45, 7) is 1.57. The van der Waals surface area contributed by atoms with Crippen LogP contribution in [0, 0.1) is 0 Å². The van der Waals surface area contributed by atoms with Crippen LogP contribution >= 0.6 is 11.3 Å². The molecule has 9 heteroatoms. The van der Waals surface area contributed by atoms with Crippen molar-refractivity contribution in [2.45, 2.75) is 29.5 Å². The number of sulfone groups is 1. The minimum absolute atomic E-state index is 0.00617. The highest BCUT2D eigenvalue weighted by Gasteiger charge is 2.41. The van der Waals surface area contributed by atoms with E-state index >= 15 is 0 Å². The molecule has 0 saturated carbocycles. The summed E-state index contributed by atoms with van der Waals surface area (Å²) in [6, 6.07) is 3.13. The molecule has 1 unspecified atom stereocenters. The van der Waals surface area contributed by atoms with Crippen LogP contribution in [0.5, 0.6) is 0 Å². The zero-order valence-corrected chi connectivity index (χ0v) is 13.4. The SMILES string of the molecule is CC1(NS(=O)(=O)c2ccc(CCO)s2)CCS(=O)(=O)C1. The summed E-state index contributed by atoms with van der Waals surface area (Å²) >= 11 is 1.09. The van der Waals surface area contributed by atoms with Gasteiger partial charge < -0.3 is 5.11 Å². The fourth-order valence-electron chi connectivity index (χ4n) is 2.21. The molecule has 2 N–H and O–H groups in total. The monoisotopic (exact) mass is 339 g/mol. The Bertz CT molecular complexity index is 691. The van der Waals surface area contributed by atoms with Crippen LogP contribution in [0.4, 0.5) is 0 Å². The van der Waals surface area contributed by atoms with Crippen LogP contribution in [0.2, 0.25) is 0 Å². The van der Waals surface area contributed by atoms with Gasteiger partial charge in [-0.2, -0.15) is 0 Å². The topological polar surface area (TPSA) is 101 Å². The van der Waals surface area contributed by atoms with Gasteiger partial charge in [0.05, 0.1) is 11.5 Å². The molecule has 0 amide bonds. The Morgan fingerprint density at radius 2 is 2.15 bits per heavy atom. The highest BCUT2D eigenvalue weighted by molar-refractivity contribution is 7.92. The largest absolute Gasteiger partial charge is 0.396 e. The lowest BCUT2D eigenvalue weighted by molar-refractivity contribution is 0.300. The molecular weight excluding hydrogens is 322 g/mol. The van der Waals surface area contributed by atoms with Crippen molar-refractivity contribution in [2.75, 3.05) is 18.1 Å². The van der Waals surface area contributed by atoms with Gasteiger partial charge >= 0.3 is 0 Å². The van der Waals surface area contributed by atoms with E-state index in [9.17, 15) is 16.8 Å². The van der Waals surface area contributed by atoms with E-state index in [4.69, 9.17) is 5.11 Å². The number of aliphatic hydroxyl groups is 1. The van der Waals surface area contributed by atoms with Crippen molar-refractivity contribution in [3.63, 3.8) is 0 Å². The van der Waals surface area contributed by atoms with Crippen molar-refractivity contribution >= 4 is 31.2 Å². The first-order chi connectivity index (χ1) is 9.16. The molecule has 0 radical (unpaired) electrons. The molecular formula is C11H17NO5S3. The highest BCUT2D eigenvalue weighted by Crippen LogP contribution is 2.28. The van der Waals surface area contributed by atoms with Crippen molar-refractivity contribution in [3.8, 4) is 0 Å². The summed E-state index contributed by atoms with van der Waals surface area (Å²) < 4.78 is 50.2. The third kappa shape index (κ3) is 3.59. The van der Waals surface area contributed by atoms with Gasteiger partial charge in [0.25, 0.3) is 10.0 Å². The van der Waals surface area contributed by atoms with E-state index in [2.05, 4.69) is 4.72 Å². The maximum absolute atomic E-state index is 12.3. The molecule has 20 heavy (non-hydrogen) atoms. The van der Waals surface area contributed by atoms with E-state index in [1.807, 2.05) is 0 Å². The fraction of sp³-hybridized carbons (Fsp3) is 0.636. The number of sulfonamides is 1. The second-order valence-corrected chi connectivity index (χ2v) is 10.5. The van der Waals surface area contributed by atoms with E-state index in [1.165, 1.54) is 6.07 Å². The lowest BCUT2D eigenvalue weighted by Crippen LogP contribution is -2.46. The van der Waals surface area contributed by atoms with Crippen molar-refractivity contribution in [3.05, 3.63) is 17.0 Å². The molecule has 1 fully saturated rings. The van der Waals surface area contributed by atoms with Crippen molar-refractivity contribution in [1.82, 2.24) is 4.72 Å². The molecule has 0 aliphatic carbocycles. The minimum Gasteiger partial charge on any atom is -0.396 e. The van der Waals surface area contributed by atoms with Gasteiger partial charge in [0, 0.05) is 23.4 Å². The Balaban J connectivity index is 2.19. The number of aliphatic hydroxyl groups excluding tert-OH is 1. The van der Waals surface area contributed by atoms with Crippen molar-refractivity contribution in [2.24, 2.45) is 0 Å². The first-order valence-corrected chi connectivity index (χ1v) is 10.2. The molecule has 2 rings (SSSR count). The molecule has 2 heterocycles. The van der Waals surface area contributed by atoms with Crippen molar-refractivity contribution < 1.29 is 21.9 Å². The summed E-state index contributed by atoms with van der Waals surface area (Å²) in [5.41, 5.74) is -0.946. The fourth-order valence-corrected chi connectivity index (χ4v) is 7.18. The predicted molar refractivity (Wildman–Crippen MR) is 77.1 cm³/mol. The maximum atomic E-state index is 12.3. The molecule has 1 aliphatic rings. The van der Waals surface area contributed by atoms with Gasteiger partial charge in [-0.1, -0.05) is 0 Å². The third-order valence-electron chi connectivity index (χ3n) is 3.14. The zero-order chi connectivity index (χ0) is 15.0. The minimum atomic E-state index is -3.73. The Morgan fingerprint density at radius 1 is 1.45 bits per heavy atom. The Hall–Kier alpha value is -0.480. The summed E-state index contributed by atoms with van der Waals surface area (Å²) in [6.07, 6.45) is 0.690. The predicted octanol–water partition coefficient (Wildman–Crippen LogP) is 0.138. The van der Waals surface area contributed by atoms with Gasteiger partial charge in [0.1, 0.15) is 4.21 Å². The molecule has 114 valence electrons. The van der Waals surface area contributed by atoms with Gasteiger partial charge in [-0.3, -0.25) is 0 Å². The molecule has 0 bridgehead atoms. The van der Waals surface area contributed by atoms with Gasteiger partial charge in [0.2, 0.25) is 0 Å². The maximum Gasteiger partial charge on any atom is 0.250 e. The second-order valence-electron chi connectivity index (χ2n) is 5.20. The summed E-state index contributed by atoms with van der Waals surface area (Å²) in [4.78, 5) is 0.775. The third-order valence-corrected chi connectivity index (χ3v) is 8.32. The number of rotatable bonds is 5. The number of hydrogen-bond acceptors (Lipinski definition) is 6. The normalized spacial score (nSPS) is 25.9. The molecule has 1 atom stereocenters. The van der Waals surface area contributed by atoms with Crippen LogP contribution < -0.4 is 4.72 Å². The number of nitrogens with one attached hydrogen (secondary N) is 1.